The van der Waals surface area contributed by atoms with E-state index in [0.717, 1.165) is 27.6 Å². The molecule has 0 aliphatic heterocycles. The predicted molar refractivity (Wildman–Crippen MR) is 98.2 cm³/mol. The van der Waals surface area contributed by atoms with E-state index in [0.29, 0.717) is 10.0 Å². The number of aryl methyl sites for hydroxylation is 1. The van der Waals surface area contributed by atoms with Crippen molar-refractivity contribution in [2.75, 3.05) is 0 Å². The second kappa shape index (κ2) is 7.35. The second-order valence-corrected chi connectivity index (χ2v) is 6.92. The van der Waals surface area contributed by atoms with Gasteiger partial charge in [-0.3, -0.25) is 0 Å². The Morgan fingerprint density at radius 3 is 2.43 bits per heavy atom. The largest absolute Gasteiger partial charge is 0.149 e. The zero-order valence-corrected chi connectivity index (χ0v) is 14.8. The molecule has 23 heavy (non-hydrogen) atoms. The Kier molecular flexibility index (Phi) is 5.21. The van der Waals surface area contributed by atoms with E-state index in [4.69, 9.17) is 23.2 Å². The molecule has 116 valence electrons. The summed E-state index contributed by atoms with van der Waals surface area (Å²) in [5, 5.41) is 10.7. The summed E-state index contributed by atoms with van der Waals surface area (Å²) in [6.07, 6.45) is 0. The van der Waals surface area contributed by atoms with E-state index in [-0.39, 0.29) is 0 Å². The van der Waals surface area contributed by atoms with Crippen LogP contribution in [0.5, 0.6) is 0 Å². The Morgan fingerprint density at radius 1 is 0.913 bits per heavy atom. The summed E-state index contributed by atoms with van der Waals surface area (Å²) in [7, 11) is 0. The molecule has 0 amide bonds. The van der Waals surface area contributed by atoms with Crippen LogP contribution in [0.15, 0.2) is 59.6 Å². The number of hydrogen-bond acceptors (Lipinski definition) is 3. The summed E-state index contributed by atoms with van der Waals surface area (Å²) < 4.78 is 0. The summed E-state index contributed by atoms with van der Waals surface area (Å²) in [6.45, 7) is 2.07. The summed E-state index contributed by atoms with van der Waals surface area (Å²) >= 11 is 13.6. The van der Waals surface area contributed by atoms with Crippen LogP contribution in [0.2, 0.25) is 10.0 Å². The predicted octanol–water partition coefficient (Wildman–Crippen LogP) is 6.05. The molecule has 2 nitrogen and oxygen atoms in total. The number of thioether (sulfide) groups is 1. The maximum atomic E-state index is 6.03. The zero-order valence-electron chi connectivity index (χ0n) is 12.5. The van der Waals surface area contributed by atoms with E-state index in [9.17, 15) is 0 Å². The second-order valence-electron chi connectivity index (χ2n) is 5.11. The molecule has 0 saturated carbocycles. The lowest BCUT2D eigenvalue weighted by Gasteiger charge is -2.06. The average molecular weight is 361 g/mol. The molecule has 0 unspecified atom stereocenters. The first-order valence-electron chi connectivity index (χ1n) is 7.10. The van der Waals surface area contributed by atoms with Gasteiger partial charge in [0.25, 0.3) is 0 Å². The van der Waals surface area contributed by atoms with Crippen LogP contribution in [-0.2, 0) is 5.75 Å². The van der Waals surface area contributed by atoms with Gasteiger partial charge in [0.2, 0.25) is 0 Å². The number of benzene rings is 2. The molecule has 0 bridgehead atoms. The number of rotatable bonds is 4. The summed E-state index contributed by atoms with van der Waals surface area (Å²) in [5.74, 6) is 0.773. The first-order valence-corrected chi connectivity index (χ1v) is 8.84. The molecule has 1 aromatic heterocycles. The van der Waals surface area contributed by atoms with Crippen LogP contribution in [0.4, 0.5) is 0 Å². The number of nitrogens with zero attached hydrogens (tertiary/aromatic N) is 2. The highest BCUT2D eigenvalue weighted by Gasteiger charge is 2.05. The van der Waals surface area contributed by atoms with E-state index in [1.807, 2.05) is 42.5 Å². The van der Waals surface area contributed by atoms with E-state index in [1.165, 1.54) is 5.56 Å². The molecule has 1 heterocycles. The normalized spacial score (nSPS) is 10.7. The lowest BCUT2D eigenvalue weighted by Crippen LogP contribution is -1.91. The van der Waals surface area contributed by atoms with Crippen molar-refractivity contribution < 1.29 is 0 Å². The van der Waals surface area contributed by atoms with Gasteiger partial charge in [0, 0.05) is 11.3 Å². The minimum Gasteiger partial charge on any atom is -0.149 e. The van der Waals surface area contributed by atoms with Crippen LogP contribution in [0.1, 0.15) is 11.1 Å². The average Bonchev–Trinajstić information content (AvgIpc) is 2.57. The van der Waals surface area contributed by atoms with E-state index >= 15 is 0 Å². The molecule has 0 N–H and O–H groups in total. The van der Waals surface area contributed by atoms with Gasteiger partial charge in [-0.1, -0.05) is 65.3 Å². The Labute approximate surface area is 149 Å². The Balaban J connectivity index is 1.70. The van der Waals surface area contributed by atoms with Crippen molar-refractivity contribution >= 4 is 35.0 Å². The number of hydrogen-bond donors (Lipinski definition) is 0. The fourth-order valence-electron chi connectivity index (χ4n) is 2.19. The first-order chi connectivity index (χ1) is 11.1. The molecule has 3 aromatic rings. The smallest absolute Gasteiger partial charge is 0.119 e. The highest BCUT2D eigenvalue weighted by atomic mass is 35.5. The van der Waals surface area contributed by atoms with Gasteiger partial charge in [0.1, 0.15) is 5.03 Å². The van der Waals surface area contributed by atoms with Crippen LogP contribution in [-0.4, -0.2) is 10.2 Å². The molecule has 2 aromatic carbocycles. The van der Waals surface area contributed by atoms with Gasteiger partial charge in [-0.25, -0.2) is 0 Å². The summed E-state index contributed by atoms with van der Waals surface area (Å²) in [5.41, 5.74) is 4.30. The Hall–Kier alpha value is -1.55. The Bertz CT molecular complexity index is 820. The van der Waals surface area contributed by atoms with Gasteiger partial charge >= 0.3 is 0 Å². The lowest BCUT2D eigenvalue weighted by atomic mass is 10.1. The third-order valence-corrected chi connectivity index (χ3v) is 5.16. The van der Waals surface area contributed by atoms with Gasteiger partial charge in [-0.15, -0.1) is 10.2 Å². The van der Waals surface area contributed by atoms with Gasteiger partial charge in [0.15, 0.2) is 0 Å². The molecule has 0 saturated heterocycles. The van der Waals surface area contributed by atoms with Crippen LogP contribution in [0.25, 0.3) is 11.3 Å². The monoisotopic (exact) mass is 360 g/mol. The van der Waals surface area contributed by atoms with Crippen molar-refractivity contribution in [2.24, 2.45) is 0 Å². The van der Waals surface area contributed by atoms with Crippen LogP contribution in [0, 0.1) is 6.92 Å². The zero-order chi connectivity index (χ0) is 16.2. The molecule has 0 spiro atoms. The quantitative estimate of drug-likeness (QED) is 0.529. The summed E-state index contributed by atoms with van der Waals surface area (Å²) in [4.78, 5) is 0. The molecule has 5 heteroatoms. The SMILES string of the molecule is Cc1ccccc1-c1ccc(SCc2ccc(Cl)c(Cl)c2)nn1. The third kappa shape index (κ3) is 4.05. The van der Waals surface area contributed by atoms with Crippen molar-refractivity contribution in [1.82, 2.24) is 10.2 Å². The Morgan fingerprint density at radius 2 is 1.74 bits per heavy atom. The highest BCUT2D eigenvalue weighted by molar-refractivity contribution is 7.98. The maximum Gasteiger partial charge on any atom is 0.119 e. The lowest BCUT2D eigenvalue weighted by molar-refractivity contribution is 0.934. The molecular weight excluding hydrogens is 347 g/mol. The number of halogens is 2. The molecule has 0 fully saturated rings. The minimum atomic E-state index is 0.572. The van der Waals surface area contributed by atoms with Crippen LogP contribution >= 0.6 is 35.0 Å². The third-order valence-electron chi connectivity index (χ3n) is 3.43. The van der Waals surface area contributed by atoms with Crippen molar-refractivity contribution in [1.29, 1.82) is 0 Å². The van der Waals surface area contributed by atoms with E-state index in [2.05, 4.69) is 29.3 Å². The standard InChI is InChI=1S/C18H14Cl2N2S/c1-12-4-2-3-5-14(12)17-8-9-18(22-21-17)23-11-13-6-7-15(19)16(20)10-13/h2-10H,11H2,1H3. The van der Waals surface area contributed by atoms with Crippen LogP contribution < -0.4 is 0 Å². The first kappa shape index (κ1) is 16.3. The maximum absolute atomic E-state index is 6.03. The fourth-order valence-corrected chi connectivity index (χ4v) is 3.27. The molecular formula is C18H14Cl2N2S. The highest BCUT2D eigenvalue weighted by Crippen LogP contribution is 2.27. The molecule has 3 rings (SSSR count). The van der Waals surface area contributed by atoms with Gasteiger partial charge in [-0.2, -0.15) is 0 Å². The topological polar surface area (TPSA) is 25.8 Å². The molecule has 0 aliphatic carbocycles. The van der Waals surface area contributed by atoms with Crippen LogP contribution in [0.3, 0.4) is 0 Å². The van der Waals surface area contributed by atoms with Crippen molar-refractivity contribution in [3.05, 3.63) is 75.8 Å². The molecule has 0 aliphatic rings. The minimum absolute atomic E-state index is 0.572. The van der Waals surface area contributed by atoms with Gasteiger partial charge < -0.3 is 0 Å². The van der Waals surface area contributed by atoms with E-state index in [1.54, 1.807) is 11.8 Å². The van der Waals surface area contributed by atoms with Gasteiger partial charge in [0.05, 0.1) is 15.7 Å². The van der Waals surface area contributed by atoms with Crippen molar-refractivity contribution in [3.8, 4) is 11.3 Å². The number of aromatic nitrogens is 2. The molecule has 0 radical (unpaired) electrons. The van der Waals surface area contributed by atoms with E-state index < -0.39 is 0 Å². The van der Waals surface area contributed by atoms with Crippen molar-refractivity contribution in [2.45, 2.75) is 17.7 Å². The fraction of sp³-hybridized carbons (Fsp3) is 0.111. The molecule has 0 atom stereocenters. The van der Waals surface area contributed by atoms with Gasteiger partial charge in [-0.05, 0) is 42.3 Å². The van der Waals surface area contributed by atoms with Crippen molar-refractivity contribution in [3.63, 3.8) is 0 Å². The summed E-state index contributed by atoms with van der Waals surface area (Å²) in [6, 6.07) is 17.8.